The van der Waals surface area contributed by atoms with E-state index in [0.29, 0.717) is 13.2 Å². The fourth-order valence-electron chi connectivity index (χ4n) is 2.19. The molecule has 124 valence electrons. The zero-order valence-electron chi connectivity index (χ0n) is 13.8. The molecule has 5 nitrogen and oxygen atoms in total. The summed E-state index contributed by atoms with van der Waals surface area (Å²) >= 11 is 0. The summed E-state index contributed by atoms with van der Waals surface area (Å²) in [6, 6.07) is 14.4. The number of rotatable bonds is 8. The number of hydrogen-bond acceptors (Lipinski definition) is 3. The Kier molecular flexibility index (Phi) is 7.20. The van der Waals surface area contributed by atoms with Gasteiger partial charge in [-0.15, -0.1) is 0 Å². The summed E-state index contributed by atoms with van der Waals surface area (Å²) in [6.45, 7) is 4.10. The van der Waals surface area contributed by atoms with Crippen molar-refractivity contribution < 1.29 is 9.15 Å². The van der Waals surface area contributed by atoms with Gasteiger partial charge in [0.05, 0.1) is 25.5 Å². The van der Waals surface area contributed by atoms with Crippen molar-refractivity contribution in [1.82, 2.24) is 10.6 Å². The Labute approximate surface area is 137 Å². The van der Waals surface area contributed by atoms with E-state index in [1.807, 2.05) is 30.3 Å². The number of ether oxygens (including phenoxy) is 1. The van der Waals surface area contributed by atoms with Gasteiger partial charge in [-0.1, -0.05) is 30.3 Å². The normalized spacial score (nSPS) is 12.9. The third-order valence-corrected chi connectivity index (χ3v) is 3.46. The smallest absolute Gasteiger partial charge is 0.191 e. The third kappa shape index (κ3) is 6.16. The molecule has 23 heavy (non-hydrogen) atoms. The number of methoxy groups -OCH3 is 1. The largest absolute Gasteiger partial charge is 0.469 e. The molecule has 1 aromatic heterocycles. The summed E-state index contributed by atoms with van der Waals surface area (Å²) in [5.74, 6) is 1.75. The number of aliphatic imine (C=N–C) groups is 1. The molecule has 0 fully saturated rings. The maximum absolute atomic E-state index is 5.34. The van der Waals surface area contributed by atoms with E-state index in [-0.39, 0.29) is 6.04 Å². The second-order valence-corrected chi connectivity index (χ2v) is 5.26. The quantitative estimate of drug-likeness (QED) is 0.447. The second-order valence-electron chi connectivity index (χ2n) is 5.26. The molecule has 1 atom stereocenters. The van der Waals surface area contributed by atoms with E-state index in [0.717, 1.165) is 24.7 Å². The Morgan fingerprint density at radius 3 is 2.74 bits per heavy atom. The van der Waals surface area contributed by atoms with Crippen LogP contribution >= 0.6 is 0 Å². The van der Waals surface area contributed by atoms with Crippen molar-refractivity contribution in [1.29, 1.82) is 0 Å². The molecule has 1 aromatic carbocycles. The van der Waals surface area contributed by atoms with Gasteiger partial charge in [0, 0.05) is 20.1 Å². The molecule has 0 aliphatic heterocycles. The molecular weight excluding hydrogens is 290 g/mol. The van der Waals surface area contributed by atoms with Crippen LogP contribution in [0.15, 0.2) is 58.1 Å². The van der Waals surface area contributed by atoms with E-state index in [1.54, 1.807) is 13.4 Å². The number of furan rings is 1. The van der Waals surface area contributed by atoms with Crippen LogP contribution in [0.25, 0.3) is 0 Å². The lowest BCUT2D eigenvalue weighted by Crippen LogP contribution is -2.40. The van der Waals surface area contributed by atoms with Gasteiger partial charge in [0.2, 0.25) is 0 Å². The molecule has 0 bridgehead atoms. The van der Waals surface area contributed by atoms with Crippen LogP contribution < -0.4 is 10.6 Å². The summed E-state index contributed by atoms with van der Waals surface area (Å²) in [7, 11) is 1.68. The van der Waals surface area contributed by atoms with Crippen molar-refractivity contribution in [2.45, 2.75) is 19.4 Å². The first-order chi connectivity index (χ1) is 11.3. The lowest BCUT2D eigenvalue weighted by Gasteiger charge is -2.18. The van der Waals surface area contributed by atoms with Gasteiger partial charge in [-0.2, -0.15) is 0 Å². The number of guanidine groups is 1. The fraction of sp³-hybridized carbons (Fsp3) is 0.389. The van der Waals surface area contributed by atoms with E-state index >= 15 is 0 Å². The molecule has 0 aliphatic carbocycles. The maximum Gasteiger partial charge on any atom is 0.191 e. The van der Waals surface area contributed by atoms with E-state index in [1.165, 1.54) is 5.56 Å². The van der Waals surface area contributed by atoms with Crippen molar-refractivity contribution in [3.05, 3.63) is 60.1 Å². The predicted molar refractivity (Wildman–Crippen MR) is 92.6 cm³/mol. The predicted octanol–water partition coefficient (Wildman–Crippen LogP) is 2.76. The molecule has 0 amide bonds. The molecule has 0 saturated heterocycles. The van der Waals surface area contributed by atoms with Crippen LogP contribution in [0.5, 0.6) is 0 Å². The molecule has 0 saturated carbocycles. The first-order valence-corrected chi connectivity index (χ1v) is 7.90. The minimum atomic E-state index is 0.175. The average molecular weight is 315 g/mol. The topological polar surface area (TPSA) is 58.8 Å². The van der Waals surface area contributed by atoms with Crippen molar-refractivity contribution in [2.75, 3.05) is 26.8 Å². The van der Waals surface area contributed by atoms with Crippen molar-refractivity contribution in [3.63, 3.8) is 0 Å². The molecule has 1 heterocycles. The van der Waals surface area contributed by atoms with Gasteiger partial charge >= 0.3 is 0 Å². The van der Waals surface area contributed by atoms with Crippen LogP contribution in [0.2, 0.25) is 0 Å². The van der Waals surface area contributed by atoms with Gasteiger partial charge in [0.1, 0.15) is 5.76 Å². The van der Waals surface area contributed by atoms with Crippen molar-refractivity contribution >= 4 is 5.96 Å². The SMILES string of the molecule is COCCN=C(NCCc1ccco1)NC(C)c1ccccc1. The summed E-state index contributed by atoms with van der Waals surface area (Å²) in [5, 5.41) is 6.77. The van der Waals surface area contributed by atoms with Gasteiger partial charge in [-0.05, 0) is 24.6 Å². The van der Waals surface area contributed by atoms with Crippen molar-refractivity contribution in [2.24, 2.45) is 4.99 Å². The summed E-state index contributed by atoms with van der Waals surface area (Å²) in [6.07, 6.45) is 2.51. The molecular formula is C18H25N3O2. The monoisotopic (exact) mass is 315 g/mol. The Balaban J connectivity index is 1.89. The number of nitrogens with one attached hydrogen (secondary N) is 2. The molecule has 1 unspecified atom stereocenters. The zero-order valence-corrected chi connectivity index (χ0v) is 13.8. The van der Waals surface area contributed by atoms with Crippen LogP contribution in [-0.4, -0.2) is 32.8 Å². The Bertz CT molecular complexity index is 567. The van der Waals surface area contributed by atoms with Crippen LogP contribution in [0.4, 0.5) is 0 Å². The highest BCUT2D eigenvalue weighted by atomic mass is 16.5. The van der Waals surface area contributed by atoms with E-state index in [4.69, 9.17) is 9.15 Å². The summed E-state index contributed by atoms with van der Waals surface area (Å²) < 4.78 is 10.4. The first-order valence-electron chi connectivity index (χ1n) is 7.90. The standard InChI is InChI=1S/C18H25N3O2/c1-15(16-7-4-3-5-8-16)21-18(20-12-14-22-2)19-11-10-17-9-6-13-23-17/h3-9,13,15H,10-12,14H2,1-2H3,(H2,19,20,21). The molecule has 5 heteroatoms. The minimum absolute atomic E-state index is 0.175. The van der Waals surface area contributed by atoms with Gasteiger partial charge in [0.25, 0.3) is 0 Å². The summed E-state index contributed by atoms with van der Waals surface area (Å²) in [5.41, 5.74) is 1.22. The lowest BCUT2D eigenvalue weighted by molar-refractivity contribution is 0.208. The number of nitrogens with zero attached hydrogens (tertiary/aromatic N) is 1. The van der Waals surface area contributed by atoms with E-state index in [9.17, 15) is 0 Å². The van der Waals surface area contributed by atoms with Gasteiger partial charge < -0.3 is 19.8 Å². The first kappa shape index (κ1) is 17.1. The van der Waals surface area contributed by atoms with Crippen LogP contribution in [-0.2, 0) is 11.2 Å². The summed E-state index contributed by atoms with van der Waals surface area (Å²) in [4.78, 5) is 4.54. The fourth-order valence-corrected chi connectivity index (χ4v) is 2.19. The van der Waals surface area contributed by atoms with Gasteiger partial charge in [-0.25, -0.2) is 0 Å². The number of benzene rings is 1. The van der Waals surface area contributed by atoms with Crippen LogP contribution in [0.3, 0.4) is 0 Å². The van der Waals surface area contributed by atoms with Gasteiger partial charge in [-0.3, -0.25) is 4.99 Å². The number of hydrogen-bond donors (Lipinski definition) is 2. The molecule has 2 rings (SSSR count). The third-order valence-electron chi connectivity index (χ3n) is 3.46. The maximum atomic E-state index is 5.34. The lowest BCUT2D eigenvalue weighted by atomic mass is 10.1. The zero-order chi connectivity index (χ0) is 16.3. The Hall–Kier alpha value is -2.27. The van der Waals surface area contributed by atoms with Crippen LogP contribution in [0.1, 0.15) is 24.3 Å². The van der Waals surface area contributed by atoms with Crippen molar-refractivity contribution in [3.8, 4) is 0 Å². The highest BCUT2D eigenvalue weighted by Gasteiger charge is 2.07. The highest BCUT2D eigenvalue weighted by Crippen LogP contribution is 2.10. The van der Waals surface area contributed by atoms with E-state index < -0.39 is 0 Å². The average Bonchev–Trinajstić information content (AvgIpc) is 3.09. The highest BCUT2D eigenvalue weighted by molar-refractivity contribution is 5.80. The molecule has 2 aromatic rings. The molecule has 0 aliphatic rings. The Morgan fingerprint density at radius 1 is 1.22 bits per heavy atom. The minimum Gasteiger partial charge on any atom is -0.469 e. The second kappa shape index (κ2) is 9.69. The molecule has 2 N–H and O–H groups in total. The van der Waals surface area contributed by atoms with Gasteiger partial charge in [0.15, 0.2) is 5.96 Å². The van der Waals surface area contributed by atoms with Crippen LogP contribution in [0, 0.1) is 0 Å². The van der Waals surface area contributed by atoms with E-state index in [2.05, 4.69) is 34.7 Å². The Morgan fingerprint density at radius 2 is 2.04 bits per heavy atom. The molecule has 0 spiro atoms. The molecule has 0 radical (unpaired) electrons.